The number of carbonyl (C=O) groups is 1. The van der Waals surface area contributed by atoms with Crippen molar-refractivity contribution in [3.63, 3.8) is 0 Å². The molecule has 1 saturated carbocycles. The molecule has 0 bridgehead atoms. The van der Waals surface area contributed by atoms with Crippen LogP contribution in [0.5, 0.6) is 5.75 Å². The molecule has 3 rings (SSSR count). The molecule has 7 nitrogen and oxygen atoms in total. The van der Waals surface area contributed by atoms with Gasteiger partial charge in [0.1, 0.15) is 11.4 Å². The number of para-hydroxylation sites is 2. The Hall–Kier alpha value is -2.44. The summed E-state index contributed by atoms with van der Waals surface area (Å²) in [5.74, 6) is -0.0699. The highest BCUT2D eigenvalue weighted by Gasteiger charge is 2.47. The molecule has 1 aromatic heterocycles. The van der Waals surface area contributed by atoms with Gasteiger partial charge in [0, 0.05) is 5.92 Å². The van der Waals surface area contributed by atoms with Crippen molar-refractivity contribution in [2.24, 2.45) is 5.92 Å². The van der Waals surface area contributed by atoms with Crippen molar-refractivity contribution in [1.82, 2.24) is 20.2 Å². The molecule has 1 heterocycles. The van der Waals surface area contributed by atoms with E-state index in [9.17, 15) is 4.79 Å². The Morgan fingerprint density at radius 3 is 3.00 bits per heavy atom. The molecule has 1 aliphatic carbocycles. The monoisotopic (exact) mass is 274 g/mol. The van der Waals surface area contributed by atoms with Gasteiger partial charge >= 0.3 is 5.97 Å². The van der Waals surface area contributed by atoms with E-state index in [1.165, 1.54) is 0 Å². The number of hydrogen-bond donors (Lipinski definition) is 1. The summed E-state index contributed by atoms with van der Waals surface area (Å²) in [5.41, 5.74) is 0.727. The maximum atomic E-state index is 11.0. The molecule has 20 heavy (non-hydrogen) atoms. The van der Waals surface area contributed by atoms with Gasteiger partial charge in [-0.05, 0) is 35.9 Å². The molecule has 1 aliphatic rings. The van der Waals surface area contributed by atoms with Gasteiger partial charge in [-0.1, -0.05) is 12.1 Å². The van der Waals surface area contributed by atoms with E-state index in [1.807, 2.05) is 31.2 Å². The number of ether oxygens (including phenoxy) is 1. The van der Waals surface area contributed by atoms with Crippen LogP contribution in [0.1, 0.15) is 25.1 Å². The summed E-state index contributed by atoms with van der Waals surface area (Å²) in [7, 11) is 0. The average molecular weight is 274 g/mol. The number of aromatic nitrogens is 4. The van der Waals surface area contributed by atoms with Gasteiger partial charge < -0.3 is 9.84 Å². The second-order valence-corrected chi connectivity index (χ2v) is 4.64. The van der Waals surface area contributed by atoms with Crippen molar-refractivity contribution in [2.75, 3.05) is 6.61 Å². The van der Waals surface area contributed by atoms with Gasteiger partial charge in [-0.2, -0.15) is 4.68 Å². The van der Waals surface area contributed by atoms with Crippen molar-refractivity contribution < 1.29 is 14.6 Å². The van der Waals surface area contributed by atoms with Crippen LogP contribution in [0, 0.1) is 5.92 Å². The highest BCUT2D eigenvalue weighted by atomic mass is 16.5. The fourth-order valence-electron chi connectivity index (χ4n) is 2.26. The van der Waals surface area contributed by atoms with Crippen LogP contribution in [-0.4, -0.2) is 37.9 Å². The van der Waals surface area contributed by atoms with Crippen LogP contribution in [0.4, 0.5) is 0 Å². The summed E-state index contributed by atoms with van der Waals surface area (Å²) in [4.78, 5) is 11.0. The van der Waals surface area contributed by atoms with Crippen molar-refractivity contribution in [3.8, 4) is 11.4 Å². The van der Waals surface area contributed by atoms with Crippen LogP contribution in [0.15, 0.2) is 24.3 Å². The van der Waals surface area contributed by atoms with E-state index in [2.05, 4.69) is 15.5 Å². The number of benzene rings is 1. The lowest BCUT2D eigenvalue weighted by Crippen LogP contribution is -2.07. The molecule has 0 spiro atoms. The third kappa shape index (κ3) is 2.11. The Morgan fingerprint density at radius 1 is 1.50 bits per heavy atom. The van der Waals surface area contributed by atoms with Crippen LogP contribution in [0.25, 0.3) is 5.69 Å². The van der Waals surface area contributed by atoms with E-state index >= 15 is 0 Å². The van der Waals surface area contributed by atoms with Crippen molar-refractivity contribution in [3.05, 3.63) is 30.1 Å². The van der Waals surface area contributed by atoms with Gasteiger partial charge in [-0.25, -0.2) is 0 Å². The molecule has 0 radical (unpaired) electrons. The minimum atomic E-state index is -0.803. The quantitative estimate of drug-likeness (QED) is 0.882. The fourth-order valence-corrected chi connectivity index (χ4v) is 2.26. The Morgan fingerprint density at radius 2 is 2.30 bits per heavy atom. The number of carboxylic acids is 1. The highest BCUT2D eigenvalue weighted by Crippen LogP contribution is 2.47. The van der Waals surface area contributed by atoms with Gasteiger partial charge in [-0.3, -0.25) is 4.79 Å². The van der Waals surface area contributed by atoms with Gasteiger partial charge in [0.05, 0.1) is 12.5 Å². The molecule has 2 unspecified atom stereocenters. The number of rotatable bonds is 5. The number of hydrogen-bond acceptors (Lipinski definition) is 5. The Kier molecular flexibility index (Phi) is 3.09. The lowest BCUT2D eigenvalue weighted by molar-refractivity contribution is -0.138. The molecule has 2 aromatic rings. The zero-order valence-corrected chi connectivity index (χ0v) is 10.9. The van der Waals surface area contributed by atoms with Crippen molar-refractivity contribution in [1.29, 1.82) is 0 Å². The predicted molar refractivity (Wildman–Crippen MR) is 68.8 cm³/mol. The molecule has 1 N–H and O–H groups in total. The molecule has 1 aromatic carbocycles. The fraction of sp³-hybridized carbons (Fsp3) is 0.385. The molecule has 0 aliphatic heterocycles. The van der Waals surface area contributed by atoms with E-state index in [0.29, 0.717) is 24.6 Å². The molecular formula is C13H14N4O3. The predicted octanol–water partition coefficient (Wildman–Crippen LogP) is 1.25. The largest absolute Gasteiger partial charge is 0.492 e. The third-order valence-electron chi connectivity index (χ3n) is 3.33. The first-order valence-corrected chi connectivity index (χ1v) is 6.45. The number of carboxylic acid groups (broad SMARTS) is 1. The Balaban J connectivity index is 1.96. The zero-order valence-electron chi connectivity index (χ0n) is 10.9. The summed E-state index contributed by atoms with van der Waals surface area (Å²) in [6.45, 7) is 2.44. The maximum absolute atomic E-state index is 11.0. The SMILES string of the molecule is CCOc1ccccc1-n1nnnc1C1CC1C(=O)O. The van der Waals surface area contributed by atoms with Gasteiger partial charge in [-0.15, -0.1) is 5.10 Å². The standard InChI is InChI=1S/C13H14N4O3/c1-2-20-11-6-4-3-5-10(11)17-12(14-15-16-17)8-7-9(8)13(18)19/h3-6,8-9H,2,7H2,1H3,(H,18,19). The minimum Gasteiger partial charge on any atom is -0.492 e. The second kappa shape index (κ2) is 4.92. The second-order valence-electron chi connectivity index (χ2n) is 4.64. The minimum absolute atomic E-state index is 0.128. The van der Waals surface area contributed by atoms with Crippen molar-refractivity contribution >= 4 is 5.97 Å². The van der Waals surface area contributed by atoms with Gasteiger partial charge in [0.25, 0.3) is 0 Å². The lowest BCUT2D eigenvalue weighted by Gasteiger charge is -2.10. The van der Waals surface area contributed by atoms with E-state index in [0.717, 1.165) is 5.69 Å². The summed E-state index contributed by atoms with van der Waals surface area (Å²) in [6.07, 6.45) is 0.576. The number of tetrazole rings is 1. The summed E-state index contributed by atoms with van der Waals surface area (Å²) >= 11 is 0. The Bertz CT molecular complexity index is 640. The lowest BCUT2D eigenvalue weighted by atomic mass is 10.2. The average Bonchev–Trinajstić information content (AvgIpc) is 3.10. The summed E-state index contributed by atoms with van der Waals surface area (Å²) in [5, 5.41) is 20.6. The van der Waals surface area contributed by atoms with Gasteiger partial charge in [0.2, 0.25) is 0 Å². The van der Waals surface area contributed by atoms with Crippen LogP contribution in [0.2, 0.25) is 0 Å². The molecule has 0 amide bonds. The molecule has 7 heteroatoms. The molecule has 2 atom stereocenters. The van der Waals surface area contributed by atoms with E-state index in [4.69, 9.17) is 9.84 Å². The van der Waals surface area contributed by atoms with Crippen LogP contribution in [-0.2, 0) is 4.79 Å². The van der Waals surface area contributed by atoms with Crippen LogP contribution in [0.3, 0.4) is 0 Å². The first kappa shape index (κ1) is 12.6. The first-order chi connectivity index (χ1) is 9.72. The first-order valence-electron chi connectivity index (χ1n) is 6.45. The summed E-state index contributed by atoms with van der Waals surface area (Å²) in [6, 6.07) is 7.43. The van der Waals surface area contributed by atoms with Gasteiger partial charge in [0.15, 0.2) is 5.82 Å². The molecule has 1 fully saturated rings. The number of aliphatic carboxylic acids is 1. The zero-order chi connectivity index (χ0) is 14.1. The maximum Gasteiger partial charge on any atom is 0.307 e. The van der Waals surface area contributed by atoms with E-state index in [1.54, 1.807) is 4.68 Å². The van der Waals surface area contributed by atoms with Crippen LogP contribution < -0.4 is 4.74 Å². The highest BCUT2D eigenvalue weighted by molar-refractivity contribution is 5.74. The normalized spacial score (nSPS) is 20.6. The third-order valence-corrected chi connectivity index (χ3v) is 3.33. The van der Waals surface area contributed by atoms with Crippen LogP contribution >= 0.6 is 0 Å². The smallest absolute Gasteiger partial charge is 0.307 e. The molecule has 104 valence electrons. The summed E-state index contributed by atoms with van der Waals surface area (Å²) < 4.78 is 7.13. The number of nitrogens with zero attached hydrogens (tertiary/aromatic N) is 4. The molecule has 0 saturated heterocycles. The van der Waals surface area contributed by atoms with E-state index < -0.39 is 5.97 Å². The topological polar surface area (TPSA) is 90.1 Å². The molecular weight excluding hydrogens is 260 g/mol. The van der Waals surface area contributed by atoms with Crippen molar-refractivity contribution in [2.45, 2.75) is 19.3 Å². The Labute approximate surface area is 115 Å². The van der Waals surface area contributed by atoms with E-state index in [-0.39, 0.29) is 11.8 Å².